The Kier molecular flexibility index (Phi) is 4.19. The molecule has 0 radical (unpaired) electrons. The topological polar surface area (TPSA) is 78.4 Å². The van der Waals surface area contributed by atoms with Crippen LogP contribution in [0.5, 0.6) is 0 Å². The Bertz CT molecular complexity index is 491. The summed E-state index contributed by atoms with van der Waals surface area (Å²) in [5, 5.41) is 12.6. The van der Waals surface area contributed by atoms with Crippen LogP contribution in [0.1, 0.15) is 12.5 Å². The molecule has 2 amide bonds. The van der Waals surface area contributed by atoms with Crippen molar-refractivity contribution >= 4 is 17.7 Å². The van der Waals surface area contributed by atoms with Crippen LogP contribution in [0.4, 0.5) is 19.3 Å². The zero-order chi connectivity index (χ0) is 13.9. The van der Waals surface area contributed by atoms with Gasteiger partial charge in [0.05, 0.1) is 5.69 Å². The van der Waals surface area contributed by atoms with Crippen LogP contribution in [0, 0.1) is 18.6 Å². The fourth-order valence-electron chi connectivity index (χ4n) is 1.16. The highest BCUT2D eigenvalue weighted by atomic mass is 19.1. The SMILES string of the molecule is Cc1cc(F)c(NC(=O)NC(C)C(=O)O)cc1F. The van der Waals surface area contributed by atoms with Crippen LogP contribution in [0.25, 0.3) is 0 Å². The second kappa shape index (κ2) is 5.44. The zero-order valence-corrected chi connectivity index (χ0v) is 9.75. The Morgan fingerprint density at radius 1 is 1.28 bits per heavy atom. The monoisotopic (exact) mass is 258 g/mol. The third kappa shape index (κ3) is 3.41. The number of urea groups is 1. The third-order valence-electron chi connectivity index (χ3n) is 2.21. The summed E-state index contributed by atoms with van der Waals surface area (Å²) in [5.74, 6) is -2.70. The van der Waals surface area contributed by atoms with Crippen molar-refractivity contribution < 1.29 is 23.5 Å². The first-order valence-corrected chi connectivity index (χ1v) is 5.07. The van der Waals surface area contributed by atoms with E-state index in [0.29, 0.717) is 0 Å². The Balaban J connectivity index is 2.76. The normalized spacial score (nSPS) is 11.8. The van der Waals surface area contributed by atoms with E-state index < -0.39 is 29.7 Å². The lowest BCUT2D eigenvalue weighted by Gasteiger charge is -2.11. The van der Waals surface area contributed by atoms with E-state index in [0.717, 1.165) is 12.1 Å². The van der Waals surface area contributed by atoms with E-state index in [-0.39, 0.29) is 11.3 Å². The molecule has 1 atom stereocenters. The van der Waals surface area contributed by atoms with E-state index in [2.05, 4.69) is 5.32 Å². The number of carbonyl (C=O) groups excluding carboxylic acids is 1. The number of nitrogens with one attached hydrogen (secondary N) is 2. The lowest BCUT2D eigenvalue weighted by atomic mass is 10.2. The molecule has 98 valence electrons. The molecule has 7 heteroatoms. The van der Waals surface area contributed by atoms with Gasteiger partial charge in [0.1, 0.15) is 17.7 Å². The highest BCUT2D eigenvalue weighted by Crippen LogP contribution is 2.18. The minimum Gasteiger partial charge on any atom is -0.480 e. The van der Waals surface area contributed by atoms with Crippen molar-refractivity contribution in [3.8, 4) is 0 Å². The summed E-state index contributed by atoms with van der Waals surface area (Å²) in [4.78, 5) is 21.8. The molecule has 0 aliphatic heterocycles. The van der Waals surface area contributed by atoms with Crippen LogP contribution in [0.15, 0.2) is 12.1 Å². The number of aliphatic carboxylic acids is 1. The molecular formula is C11H12F2N2O3. The summed E-state index contributed by atoms with van der Waals surface area (Å²) < 4.78 is 26.5. The molecule has 0 aliphatic carbocycles. The van der Waals surface area contributed by atoms with Crippen molar-refractivity contribution in [2.45, 2.75) is 19.9 Å². The summed E-state index contributed by atoms with van der Waals surface area (Å²) in [6.07, 6.45) is 0. The maximum Gasteiger partial charge on any atom is 0.325 e. The first-order valence-electron chi connectivity index (χ1n) is 5.07. The molecule has 1 unspecified atom stereocenters. The molecule has 1 aromatic carbocycles. The Labute approximate surface area is 102 Å². The number of benzene rings is 1. The molecule has 0 aromatic heterocycles. The van der Waals surface area contributed by atoms with E-state index in [1.54, 1.807) is 0 Å². The molecule has 0 fully saturated rings. The number of halogens is 2. The van der Waals surface area contributed by atoms with Gasteiger partial charge in [-0.05, 0) is 25.5 Å². The van der Waals surface area contributed by atoms with E-state index in [1.807, 2.05) is 5.32 Å². The fourth-order valence-corrected chi connectivity index (χ4v) is 1.16. The smallest absolute Gasteiger partial charge is 0.325 e. The summed E-state index contributed by atoms with van der Waals surface area (Å²) in [6, 6.07) is -0.295. The minimum atomic E-state index is -1.24. The maximum absolute atomic E-state index is 13.4. The van der Waals surface area contributed by atoms with E-state index in [1.165, 1.54) is 13.8 Å². The van der Waals surface area contributed by atoms with Crippen LogP contribution in [-0.4, -0.2) is 23.1 Å². The van der Waals surface area contributed by atoms with Crippen molar-refractivity contribution in [1.82, 2.24) is 5.32 Å². The Hall–Kier alpha value is -2.18. The summed E-state index contributed by atoms with van der Waals surface area (Å²) in [5.41, 5.74) is -0.245. The number of aryl methyl sites for hydroxylation is 1. The van der Waals surface area contributed by atoms with Crippen LogP contribution < -0.4 is 10.6 Å². The fraction of sp³-hybridized carbons (Fsp3) is 0.273. The van der Waals surface area contributed by atoms with Gasteiger partial charge in [0.2, 0.25) is 0 Å². The number of anilines is 1. The van der Waals surface area contributed by atoms with Gasteiger partial charge in [0.15, 0.2) is 0 Å². The van der Waals surface area contributed by atoms with Crippen LogP contribution in [-0.2, 0) is 4.79 Å². The van der Waals surface area contributed by atoms with Gasteiger partial charge in [-0.25, -0.2) is 13.6 Å². The molecule has 5 nitrogen and oxygen atoms in total. The van der Waals surface area contributed by atoms with Gasteiger partial charge in [-0.15, -0.1) is 0 Å². The first-order chi connectivity index (χ1) is 8.31. The second-order valence-electron chi connectivity index (χ2n) is 3.74. The minimum absolute atomic E-state index is 0.109. The van der Waals surface area contributed by atoms with E-state index in [4.69, 9.17) is 5.11 Å². The molecule has 1 aromatic rings. The quantitative estimate of drug-likeness (QED) is 0.774. The van der Waals surface area contributed by atoms with Gasteiger partial charge in [-0.3, -0.25) is 4.79 Å². The first kappa shape index (κ1) is 13.9. The van der Waals surface area contributed by atoms with Gasteiger partial charge >= 0.3 is 12.0 Å². The molecule has 0 saturated carbocycles. The maximum atomic E-state index is 13.4. The van der Waals surface area contributed by atoms with Crippen molar-refractivity contribution in [2.24, 2.45) is 0 Å². The van der Waals surface area contributed by atoms with Crippen molar-refractivity contribution in [3.05, 3.63) is 29.3 Å². The number of carbonyl (C=O) groups is 2. The lowest BCUT2D eigenvalue weighted by Crippen LogP contribution is -2.41. The number of rotatable bonds is 3. The highest BCUT2D eigenvalue weighted by molar-refractivity contribution is 5.92. The lowest BCUT2D eigenvalue weighted by molar-refractivity contribution is -0.138. The summed E-state index contributed by atoms with van der Waals surface area (Å²) in [7, 11) is 0. The van der Waals surface area contributed by atoms with E-state index in [9.17, 15) is 18.4 Å². The van der Waals surface area contributed by atoms with Crippen LogP contribution >= 0.6 is 0 Å². The number of carboxylic acids is 1. The van der Waals surface area contributed by atoms with Gasteiger partial charge in [-0.1, -0.05) is 0 Å². The van der Waals surface area contributed by atoms with Gasteiger partial charge in [-0.2, -0.15) is 0 Å². The summed E-state index contributed by atoms with van der Waals surface area (Å²) >= 11 is 0. The average molecular weight is 258 g/mol. The Morgan fingerprint density at radius 2 is 1.89 bits per heavy atom. The van der Waals surface area contributed by atoms with Crippen molar-refractivity contribution in [2.75, 3.05) is 5.32 Å². The number of hydrogen-bond donors (Lipinski definition) is 3. The number of amides is 2. The van der Waals surface area contributed by atoms with Crippen LogP contribution in [0.3, 0.4) is 0 Å². The molecule has 0 spiro atoms. The zero-order valence-electron chi connectivity index (χ0n) is 9.75. The predicted octanol–water partition coefficient (Wildman–Crippen LogP) is 1.87. The number of carboxylic acid groups (broad SMARTS) is 1. The molecule has 0 aliphatic rings. The van der Waals surface area contributed by atoms with Crippen molar-refractivity contribution in [1.29, 1.82) is 0 Å². The van der Waals surface area contributed by atoms with Gasteiger partial charge < -0.3 is 15.7 Å². The average Bonchev–Trinajstić information content (AvgIpc) is 2.25. The Morgan fingerprint density at radius 3 is 2.44 bits per heavy atom. The molecule has 3 N–H and O–H groups in total. The molecule has 18 heavy (non-hydrogen) atoms. The molecular weight excluding hydrogens is 246 g/mol. The third-order valence-corrected chi connectivity index (χ3v) is 2.21. The van der Waals surface area contributed by atoms with E-state index >= 15 is 0 Å². The molecule has 0 saturated heterocycles. The predicted molar refractivity (Wildman–Crippen MR) is 60.3 cm³/mol. The second-order valence-corrected chi connectivity index (χ2v) is 3.74. The summed E-state index contributed by atoms with van der Waals surface area (Å²) in [6.45, 7) is 2.63. The molecule has 0 bridgehead atoms. The molecule has 0 heterocycles. The van der Waals surface area contributed by atoms with Gasteiger partial charge in [0.25, 0.3) is 0 Å². The van der Waals surface area contributed by atoms with Crippen molar-refractivity contribution in [3.63, 3.8) is 0 Å². The van der Waals surface area contributed by atoms with Crippen LogP contribution in [0.2, 0.25) is 0 Å². The molecule has 1 rings (SSSR count). The standard InChI is InChI=1S/C11H12F2N2O3/c1-5-3-8(13)9(4-7(5)12)15-11(18)14-6(2)10(16)17/h3-4,6H,1-2H3,(H,16,17)(H2,14,15,18). The number of hydrogen-bond acceptors (Lipinski definition) is 2. The van der Waals surface area contributed by atoms with Gasteiger partial charge in [0, 0.05) is 6.07 Å². The largest absolute Gasteiger partial charge is 0.480 e. The highest BCUT2D eigenvalue weighted by Gasteiger charge is 2.15.